The van der Waals surface area contributed by atoms with Crippen LogP contribution in [-0.2, 0) is 21.2 Å². The van der Waals surface area contributed by atoms with Crippen LogP contribution in [0, 0.1) is 0 Å². The fourth-order valence-electron chi connectivity index (χ4n) is 3.42. The Labute approximate surface area is 203 Å². The van der Waals surface area contributed by atoms with E-state index >= 15 is 0 Å². The summed E-state index contributed by atoms with van der Waals surface area (Å²) in [6, 6.07) is 19.8. The van der Waals surface area contributed by atoms with Crippen molar-refractivity contribution in [2.75, 3.05) is 31.0 Å². The summed E-state index contributed by atoms with van der Waals surface area (Å²) in [5.41, 5.74) is 1.59. The zero-order chi connectivity index (χ0) is 24.7. The lowest BCUT2D eigenvalue weighted by molar-refractivity contribution is -0.120. The number of amides is 2. The monoisotopic (exact) mass is 495 g/mol. The van der Waals surface area contributed by atoms with Gasteiger partial charge in [-0.2, -0.15) is 0 Å². The number of carbonyl (C=O) groups excluding carboxylic acids is 2. The van der Waals surface area contributed by atoms with Gasteiger partial charge in [-0.15, -0.1) is 0 Å². The number of rotatable bonds is 9. The van der Waals surface area contributed by atoms with Gasteiger partial charge >= 0.3 is 0 Å². The molecule has 9 nitrogen and oxygen atoms in total. The summed E-state index contributed by atoms with van der Waals surface area (Å²) in [5.74, 6) is 0.423. The smallest absolute Gasteiger partial charge is 0.262 e. The number of benzene rings is 3. The summed E-state index contributed by atoms with van der Waals surface area (Å²) in [5, 5.41) is 5.48. The van der Waals surface area contributed by atoms with Crippen molar-refractivity contribution in [1.82, 2.24) is 10.6 Å². The van der Waals surface area contributed by atoms with E-state index in [1.54, 1.807) is 6.07 Å². The highest BCUT2D eigenvalue weighted by molar-refractivity contribution is 7.92. The molecule has 4 rings (SSSR count). The first kappa shape index (κ1) is 24.1. The Hall–Kier alpha value is -4.05. The van der Waals surface area contributed by atoms with Gasteiger partial charge in [-0.3, -0.25) is 14.3 Å². The zero-order valence-corrected chi connectivity index (χ0v) is 19.6. The molecule has 0 aromatic heterocycles. The van der Waals surface area contributed by atoms with Gasteiger partial charge in [0.1, 0.15) is 13.2 Å². The Morgan fingerprint density at radius 2 is 1.49 bits per heavy atom. The predicted molar refractivity (Wildman–Crippen MR) is 130 cm³/mol. The molecule has 0 saturated heterocycles. The molecular weight excluding hydrogens is 470 g/mol. The van der Waals surface area contributed by atoms with E-state index in [4.69, 9.17) is 9.47 Å². The summed E-state index contributed by atoms with van der Waals surface area (Å²) in [6.07, 6.45) is 0.276. The van der Waals surface area contributed by atoms with Crippen LogP contribution in [0.25, 0.3) is 0 Å². The Balaban J connectivity index is 1.26. The molecule has 3 N–H and O–H groups in total. The number of nitrogens with one attached hydrogen (secondary N) is 3. The van der Waals surface area contributed by atoms with Crippen molar-refractivity contribution in [2.24, 2.45) is 0 Å². The second kappa shape index (κ2) is 10.9. The van der Waals surface area contributed by atoms with Crippen LogP contribution in [0.15, 0.2) is 77.7 Å². The molecule has 35 heavy (non-hydrogen) atoms. The fraction of sp³-hybridized carbons (Fsp3) is 0.200. The average molecular weight is 496 g/mol. The molecule has 0 unspecified atom stereocenters. The van der Waals surface area contributed by atoms with E-state index in [-0.39, 0.29) is 29.7 Å². The largest absolute Gasteiger partial charge is 0.486 e. The van der Waals surface area contributed by atoms with Gasteiger partial charge in [0.05, 0.1) is 11.3 Å². The maximum absolute atomic E-state index is 12.7. The third kappa shape index (κ3) is 6.51. The molecule has 10 heteroatoms. The molecule has 182 valence electrons. The highest BCUT2D eigenvalue weighted by Crippen LogP contribution is 2.32. The Kier molecular flexibility index (Phi) is 7.51. The highest BCUT2D eigenvalue weighted by Gasteiger charge is 2.19. The lowest BCUT2D eigenvalue weighted by Crippen LogP contribution is -2.35. The minimum absolute atomic E-state index is 0.0397. The number of sulfonamides is 1. The van der Waals surface area contributed by atoms with Crippen LogP contribution in [-0.4, -0.2) is 46.5 Å². The fourth-order valence-corrected chi connectivity index (χ4v) is 4.49. The summed E-state index contributed by atoms with van der Waals surface area (Å²) >= 11 is 0. The van der Waals surface area contributed by atoms with Gasteiger partial charge in [-0.25, -0.2) is 8.42 Å². The van der Waals surface area contributed by atoms with Crippen molar-refractivity contribution in [3.05, 3.63) is 83.9 Å². The first-order valence-corrected chi connectivity index (χ1v) is 12.5. The molecule has 1 aliphatic rings. The molecule has 3 aromatic carbocycles. The molecular formula is C25H25N3O6S. The van der Waals surface area contributed by atoms with E-state index in [9.17, 15) is 18.0 Å². The van der Waals surface area contributed by atoms with Gasteiger partial charge in [-0.1, -0.05) is 30.3 Å². The van der Waals surface area contributed by atoms with Crippen LogP contribution < -0.4 is 24.8 Å². The minimum atomic E-state index is -3.85. The van der Waals surface area contributed by atoms with E-state index < -0.39 is 10.0 Å². The van der Waals surface area contributed by atoms with Gasteiger partial charge < -0.3 is 20.1 Å². The molecule has 0 atom stereocenters. The molecule has 3 aromatic rings. The summed E-state index contributed by atoms with van der Waals surface area (Å²) in [4.78, 5) is 24.3. The van der Waals surface area contributed by atoms with E-state index in [0.717, 1.165) is 5.56 Å². The van der Waals surface area contributed by atoms with E-state index in [2.05, 4.69) is 15.4 Å². The van der Waals surface area contributed by atoms with E-state index in [1.807, 2.05) is 30.3 Å². The number of fused-ring (bicyclic) bond motifs is 1. The van der Waals surface area contributed by atoms with Crippen LogP contribution >= 0.6 is 0 Å². The van der Waals surface area contributed by atoms with Crippen molar-refractivity contribution < 1.29 is 27.5 Å². The van der Waals surface area contributed by atoms with Crippen molar-refractivity contribution in [1.29, 1.82) is 0 Å². The van der Waals surface area contributed by atoms with E-state index in [0.29, 0.717) is 42.5 Å². The highest BCUT2D eigenvalue weighted by atomic mass is 32.2. The van der Waals surface area contributed by atoms with Gasteiger partial charge in [0, 0.05) is 30.4 Å². The first-order chi connectivity index (χ1) is 16.9. The molecule has 1 heterocycles. The van der Waals surface area contributed by atoms with Crippen LogP contribution in [0.2, 0.25) is 0 Å². The topological polar surface area (TPSA) is 123 Å². The van der Waals surface area contributed by atoms with E-state index in [1.165, 1.54) is 36.4 Å². The third-order valence-electron chi connectivity index (χ3n) is 5.16. The van der Waals surface area contributed by atoms with Crippen molar-refractivity contribution in [2.45, 2.75) is 11.3 Å². The van der Waals surface area contributed by atoms with Gasteiger partial charge in [0.15, 0.2) is 11.5 Å². The minimum Gasteiger partial charge on any atom is -0.486 e. The summed E-state index contributed by atoms with van der Waals surface area (Å²) in [7, 11) is -3.85. The molecule has 0 bridgehead atoms. The van der Waals surface area contributed by atoms with Gasteiger partial charge in [0.2, 0.25) is 5.91 Å². The second-order valence-electron chi connectivity index (χ2n) is 7.76. The number of carbonyl (C=O) groups is 2. The molecule has 0 radical (unpaired) electrons. The summed E-state index contributed by atoms with van der Waals surface area (Å²) < 4.78 is 38.8. The lowest BCUT2D eigenvalue weighted by atomic mass is 10.1. The van der Waals surface area contributed by atoms with Crippen LogP contribution in [0.3, 0.4) is 0 Å². The Bertz CT molecular complexity index is 1290. The van der Waals surface area contributed by atoms with Crippen molar-refractivity contribution in [3.8, 4) is 11.5 Å². The van der Waals surface area contributed by atoms with Gasteiger partial charge in [-0.05, 0) is 42.0 Å². The zero-order valence-electron chi connectivity index (χ0n) is 18.8. The molecule has 0 saturated carbocycles. The van der Waals surface area contributed by atoms with Crippen molar-refractivity contribution in [3.63, 3.8) is 0 Å². The maximum Gasteiger partial charge on any atom is 0.262 e. The number of hydrogen-bond donors (Lipinski definition) is 3. The third-order valence-corrected chi connectivity index (χ3v) is 6.54. The molecule has 0 aliphatic carbocycles. The normalized spacial score (nSPS) is 12.5. The van der Waals surface area contributed by atoms with Crippen molar-refractivity contribution >= 4 is 27.5 Å². The van der Waals surface area contributed by atoms with Gasteiger partial charge in [0.25, 0.3) is 15.9 Å². The quantitative estimate of drug-likeness (QED) is 0.392. The number of hydrogen-bond acceptors (Lipinski definition) is 6. The molecule has 2 amide bonds. The average Bonchev–Trinajstić information content (AvgIpc) is 2.87. The summed E-state index contributed by atoms with van der Waals surface area (Å²) in [6.45, 7) is 1.33. The number of ether oxygens (including phenoxy) is 2. The molecule has 1 aliphatic heterocycles. The number of anilines is 1. The predicted octanol–water partition coefficient (Wildman–Crippen LogP) is 2.35. The maximum atomic E-state index is 12.7. The SMILES string of the molecule is O=C(Cc1ccccc1)NCCNC(=O)c1ccc(NS(=O)(=O)c2ccc3c(c2)OCCO3)cc1. The standard InChI is InChI=1S/C25H25N3O6S/c29-24(16-18-4-2-1-3-5-18)26-12-13-27-25(30)19-6-8-20(9-7-19)28-35(31,32)21-10-11-22-23(17-21)34-15-14-33-22/h1-11,17,28H,12-16H2,(H,26,29)(H,27,30). The first-order valence-electron chi connectivity index (χ1n) is 11.0. The van der Waals surface area contributed by atoms with Crippen LogP contribution in [0.4, 0.5) is 5.69 Å². The van der Waals surface area contributed by atoms with Crippen LogP contribution in [0.1, 0.15) is 15.9 Å². The molecule has 0 spiro atoms. The Morgan fingerprint density at radius 3 is 2.23 bits per heavy atom. The Morgan fingerprint density at radius 1 is 0.800 bits per heavy atom. The second-order valence-corrected chi connectivity index (χ2v) is 9.44. The van der Waals surface area contributed by atoms with Crippen LogP contribution in [0.5, 0.6) is 11.5 Å². The molecule has 0 fully saturated rings. The lowest BCUT2D eigenvalue weighted by Gasteiger charge is -2.19.